The van der Waals surface area contributed by atoms with Gasteiger partial charge in [-0.25, -0.2) is 0 Å². The molecule has 0 spiro atoms. The lowest BCUT2D eigenvalue weighted by Gasteiger charge is -2.06. The summed E-state index contributed by atoms with van der Waals surface area (Å²) in [6.07, 6.45) is 10.2. The molecular weight excluding hydrogens is 314 g/mol. The number of carbonyl (C=O) groups is 1. The quantitative estimate of drug-likeness (QED) is 0.488. The number of aryl methyl sites for hydroxylation is 1. The molecule has 0 fully saturated rings. The average molecular weight is 333 g/mol. The number of ketones is 1. The maximum absolute atomic E-state index is 12.1. The van der Waals surface area contributed by atoms with E-state index in [4.69, 9.17) is 4.74 Å². The minimum atomic E-state index is -0.0577. The van der Waals surface area contributed by atoms with Gasteiger partial charge in [-0.05, 0) is 48.4 Å². The normalized spacial score (nSPS) is 10.9. The maximum Gasteiger partial charge on any atom is 0.189 e. The first-order chi connectivity index (χ1) is 12.2. The summed E-state index contributed by atoms with van der Waals surface area (Å²) in [5.41, 5.74) is 2.60. The third kappa shape index (κ3) is 4.64. The number of pyridine rings is 1. The molecule has 0 aliphatic carbocycles. The van der Waals surface area contributed by atoms with Gasteiger partial charge in [0.2, 0.25) is 0 Å². The monoisotopic (exact) mass is 333 g/mol. The van der Waals surface area contributed by atoms with E-state index < -0.39 is 0 Å². The Morgan fingerprint density at radius 2 is 1.92 bits per heavy atom. The smallest absolute Gasteiger partial charge is 0.189 e. The number of hydrogen-bond acceptors (Lipinski definition) is 4. The van der Waals surface area contributed by atoms with E-state index in [0.29, 0.717) is 12.2 Å². The second-order valence-electron chi connectivity index (χ2n) is 5.50. The zero-order valence-electron chi connectivity index (χ0n) is 14.0. The van der Waals surface area contributed by atoms with E-state index in [1.807, 2.05) is 43.3 Å². The lowest BCUT2D eigenvalue weighted by Crippen LogP contribution is -1.95. The van der Waals surface area contributed by atoms with Crippen LogP contribution in [0.5, 0.6) is 5.75 Å². The molecule has 5 heteroatoms. The number of nitrogens with zero attached hydrogens (tertiary/aromatic N) is 3. The predicted octanol–water partition coefficient (Wildman–Crippen LogP) is 3.77. The van der Waals surface area contributed by atoms with Gasteiger partial charge < -0.3 is 4.74 Å². The Hall–Kier alpha value is -3.21. The van der Waals surface area contributed by atoms with Crippen molar-refractivity contribution in [2.75, 3.05) is 0 Å². The van der Waals surface area contributed by atoms with Crippen molar-refractivity contribution >= 4 is 11.9 Å². The van der Waals surface area contributed by atoms with E-state index in [9.17, 15) is 4.79 Å². The van der Waals surface area contributed by atoms with Crippen molar-refractivity contribution in [3.05, 3.63) is 84.0 Å². The van der Waals surface area contributed by atoms with Crippen LogP contribution >= 0.6 is 0 Å². The van der Waals surface area contributed by atoms with E-state index in [-0.39, 0.29) is 5.78 Å². The number of aromatic nitrogens is 3. The summed E-state index contributed by atoms with van der Waals surface area (Å²) in [4.78, 5) is 16.1. The SMILES string of the molecule is CCn1cc(C(=O)/C=C/c2ccc(OCc3ccncc3)cc2)cn1. The van der Waals surface area contributed by atoms with Gasteiger partial charge in [-0.2, -0.15) is 5.10 Å². The first-order valence-electron chi connectivity index (χ1n) is 8.11. The number of benzene rings is 1. The first-order valence-corrected chi connectivity index (χ1v) is 8.11. The summed E-state index contributed by atoms with van der Waals surface area (Å²) in [7, 11) is 0. The van der Waals surface area contributed by atoms with Crippen LogP contribution in [0.4, 0.5) is 0 Å². The topological polar surface area (TPSA) is 57.0 Å². The van der Waals surface area contributed by atoms with E-state index in [1.54, 1.807) is 41.6 Å². The first kappa shape index (κ1) is 16.6. The van der Waals surface area contributed by atoms with Crippen LogP contribution in [0.15, 0.2) is 67.3 Å². The molecule has 2 heterocycles. The van der Waals surface area contributed by atoms with Crippen LogP contribution in [0.2, 0.25) is 0 Å². The molecule has 3 aromatic rings. The molecule has 0 saturated carbocycles. The molecule has 0 amide bonds. The number of allylic oxidation sites excluding steroid dienone is 1. The summed E-state index contributed by atoms with van der Waals surface area (Å²) >= 11 is 0. The van der Waals surface area contributed by atoms with Crippen LogP contribution < -0.4 is 4.74 Å². The summed E-state index contributed by atoms with van der Waals surface area (Å²) in [5.74, 6) is 0.724. The van der Waals surface area contributed by atoms with Crippen LogP contribution in [-0.4, -0.2) is 20.5 Å². The highest BCUT2D eigenvalue weighted by Gasteiger charge is 2.04. The molecule has 0 radical (unpaired) electrons. The van der Waals surface area contributed by atoms with Gasteiger partial charge in [-0.1, -0.05) is 18.2 Å². The highest BCUT2D eigenvalue weighted by Crippen LogP contribution is 2.15. The van der Waals surface area contributed by atoms with Crippen LogP contribution in [-0.2, 0) is 13.2 Å². The molecule has 1 aromatic carbocycles. The largest absolute Gasteiger partial charge is 0.489 e. The minimum Gasteiger partial charge on any atom is -0.489 e. The molecule has 5 nitrogen and oxygen atoms in total. The molecule has 0 unspecified atom stereocenters. The zero-order valence-corrected chi connectivity index (χ0v) is 14.0. The fourth-order valence-electron chi connectivity index (χ4n) is 2.25. The van der Waals surface area contributed by atoms with Gasteiger partial charge in [0.1, 0.15) is 12.4 Å². The molecule has 2 aromatic heterocycles. The molecule has 126 valence electrons. The molecule has 25 heavy (non-hydrogen) atoms. The second-order valence-corrected chi connectivity index (χ2v) is 5.50. The van der Waals surface area contributed by atoms with E-state index >= 15 is 0 Å². The third-order valence-electron chi connectivity index (χ3n) is 3.70. The van der Waals surface area contributed by atoms with Crippen LogP contribution in [0.25, 0.3) is 6.08 Å². The number of hydrogen-bond donors (Lipinski definition) is 0. The second kappa shape index (κ2) is 8.06. The van der Waals surface area contributed by atoms with Crippen molar-refractivity contribution in [1.82, 2.24) is 14.8 Å². The van der Waals surface area contributed by atoms with Crippen molar-refractivity contribution < 1.29 is 9.53 Å². The molecule has 0 aliphatic heterocycles. The Kier molecular flexibility index (Phi) is 5.36. The Balaban J connectivity index is 1.57. The lowest BCUT2D eigenvalue weighted by molar-refractivity contribution is 0.104. The summed E-state index contributed by atoms with van der Waals surface area (Å²) < 4.78 is 7.46. The van der Waals surface area contributed by atoms with Crippen LogP contribution in [0, 0.1) is 0 Å². The Bertz CT molecular complexity index is 852. The van der Waals surface area contributed by atoms with Gasteiger partial charge >= 0.3 is 0 Å². The standard InChI is InChI=1S/C20H19N3O2/c1-2-23-14-18(13-22-23)20(24)8-5-16-3-6-19(7-4-16)25-15-17-9-11-21-12-10-17/h3-14H,2,15H2,1H3/b8-5+. The van der Waals surface area contributed by atoms with Crippen molar-refractivity contribution in [2.45, 2.75) is 20.1 Å². The maximum atomic E-state index is 12.1. The van der Waals surface area contributed by atoms with E-state index in [2.05, 4.69) is 10.1 Å². The predicted molar refractivity (Wildman–Crippen MR) is 96.3 cm³/mol. The van der Waals surface area contributed by atoms with Crippen LogP contribution in [0.3, 0.4) is 0 Å². The Morgan fingerprint density at radius 3 is 2.60 bits per heavy atom. The zero-order chi connectivity index (χ0) is 17.5. The van der Waals surface area contributed by atoms with Crippen molar-refractivity contribution in [1.29, 1.82) is 0 Å². The van der Waals surface area contributed by atoms with Crippen molar-refractivity contribution in [3.8, 4) is 5.75 Å². The third-order valence-corrected chi connectivity index (χ3v) is 3.70. The Morgan fingerprint density at radius 1 is 1.16 bits per heavy atom. The number of carbonyl (C=O) groups excluding carboxylic acids is 1. The van der Waals surface area contributed by atoms with Gasteiger partial charge in [0, 0.05) is 25.1 Å². The fraction of sp³-hybridized carbons (Fsp3) is 0.150. The molecule has 0 bridgehead atoms. The summed E-state index contributed by atoms with van der Waals surface area (Å²) in [5, 5.41) is 4.11. The van der Waals surface area contributed by atoms with Gasteiger partial charge in [-0.3, -0.25) is 14.5 Å². The van der Waals surface area contributed by atoms with Crippen molar-refractivity contribution in [3.63, 3.8) is 0 Å². The molecule has 0 aliphatic rings. The van der Waals surface area contributed by atoms with Crippen molar-refractivity contribution in [2.24, 2.45) is 0 Å². The molecule has 3 rings (SSSR count). The van der Waals surface area contributed by atoms with E-state index in [0.717, 1.165) is 23.4 Å². The lowest BCUT2D eigenvalue weighted by atomic mass is 10.1. The Labute approximate surface area is 146 Å². The molecular formula is C20H19N3O2. The van der Waals surface area contributed by atoms with Gasteiger partial charge in [0.15, 0.2) is 5.78 Å². The number of rotatable bonds is 7. The van der Waals surface area contributed by atoms with Gasteiger partial charge in [0.25, 0.3) is 0 Å². The van der Waals surface area contributed by atoms with Gasteiger partial charge in [0.05, 0.1) is 11.8 Å². The summed E-state index contributed by atoms with van der Waals surface area (Å²) in [6, 6.07) is 11.5. The molecule has 0 atom stereocenters. The average Bonchev–Trinajstić information content (AvgIpc) is 3.15. The number of ether oxygens (including phenoxy) is 1. The minimum absolute atomic E-state index is 0.0577. The molecule has 0 saturated heterocycles. The molecule has 0 N–H and O–H groups in total. The fourth-order valence-corrected chi connectivity index (χ4v) is 2.25. The van der Waals surface area contributed by atoms with Gasteiger partial charge in [-0.15, -0.1) is 0 Å². The summed E-state index contributed by atoms with van der Waals surface area (Å²) in [6.45, 7) is 3.23. The van der Waals surface area contributed by atoms with E-state index in [1.165, 1.54) is 0 Å². The van der Waals surface area contributed by atoms with Crippen LogP contribution in [0.1, 0.15) is 28.4 Å². The highest BCUT2D eigenvalue weighted by molar-refractivity contribution is 6.06. The highest BCUT2D eigenvalue weighted by atomic mass is 16.5.